The first-order valence-corrected chi connectivity index (χ1v) is 12.7. The number of carbonyl (C=O) groups excluding carboxylic acids is 1. The van der Waals surface area contributed by atoms with Crippen molar-refractivity contribution in [3.63, 3.8) is 0 Å². The Balaban J connectivity index is 1.64. The number of aryl methyl sites for hydroxylation is 1. The average molecular weight is 504 g/mol. The number of sulfone groups is 1. The molecule has 33 heavy (non-hydrogen) atoms. The van der Waals surface area contributed by atoms with Crippen molar-refractivity contribution in [1.29, 1.82) is 0 Å². The molecular weight excluding hydrogens is 486 g/mol. The van der Waals surface area contributed by atoms with Crippen molar-refractivity contribution >= 4 is 51.0 Å². The molecule has 0 aliphatic heterocycles. The quantitative estimate of drug-likeness (QED) is 0.336. The van der Waals surface area contributed by atoms with E-state index in [-0.39, 0.29) is 16.5 Å². The summed E-state index contributed by atoms with van der Waals surface area (Å²) in [5.74, 6) is 0.00857. The number of H-pyrrole nitrogens is 1. The second-order valence-corrected chi connectivity index (χ2v) is 10.7. The second kappa shape index (κ2) is 9.21. The highest BCUT2D eigenvalue weighted by Crippen LogP contribution is 2.31. The number of nitrogens with two attached hydrogens (primary N) is 1. The van der Waals surface area contributed by atoms with E-state index >= 15 is 0 Å². The van der Waals surface area contributed by atoms with Gasteiger partial charge >= 0.3 is 0 Å². The average Bonchev–Trinajstić information content (AvgIpc) is 3.36. The summed E-state index contributed by atoms with van der Waals surface area (Å²) in [6.07, 6.45) is 4.32. The fourth-order valence-corrected chi connectivity index (χ4v) is 4.69. The summed E-state index contributed by atoms with van der Waals surface area (Å²) in [6, 6.07) is 7.93. The highest BCUT2D eigenvalue weighted by atomic mass is 32.2. The lowest BCUT2D eigenvalue weighted by atomic mass is 10.4. The van der Waals surface area contributed by atoms with Crippen molar-refractivity contribution in [2.24, 2.45) is 7.05 Å². The molecular formula is C18H17N9O3S3. The van der Waals surface area contributed by atoms with Crippen LogP contribution in [-0.2, 0) is 16.9 Å². The maximum absolute atomic E-state index is 13.0. The summed E-state index contributed by atoms with van der Waals surface area (Å²) in [4.78, 5) is 26.7. The number of hydrogen-bond acceptors (Lipinski definition) is 11. The van der Waals surface area contributed by atoms with E-state index in [2.05, 4.69) is 35.6 Å². The van der Waals surface area contributed by atoms with E-state index < -0.39 is 15.7 Å². The van der Waals surface area contributed by atoms with Crippen LogP contribution in [0.1, 0.15) is 10.5 Å². The maximum Gasteiger partial charge on any atom is 0.278 e. The lowest BCUT2D eigenvalue weighted by Gasteiger charge is -2.09. The second-order valence-electron chi connectivity index (χ2n) is 6.64. The van der Waals surface area contributed by atoms with Crippen LogP contribution in [0.15, 0.2) is 67.7 Å². The summed E-state index contributed by atoms with van der Waals surface area (Å²) in [6.45, 7) is 0. The van der Waals surface area contributed by atoms with E-state index in [0.717, 1.165) is 18.0 Å². The van der Waals surface area contributed by atoms with Gasteiger partial charge in [0.15, 0.2) is 21.3 Å². The van der Waals surface area contributed by atoms with Crippen molar-refractivity contribution in [3.8, 4) is 0 Å². The summed E-state index contributed by atoms with van der Waals surface area (Å²) in [5, 5.41) is 14.4. The van der Waals surface area contributed by atoms with Gasteiger partial charge in [0.1, 0.15) is 10.1 Å². The Hall–Kier alpha value is -3.43. The lowest BCUT2D eigenvalue weighted by Crippen LogP contribution is -2.16. The Morgan fingerprint density at radius 2 is 1.91 bits per heavy atom. The van der Waals surface area contributed by atoms with Crippen molar-refractivity contribution in [2.45, 2.75) is 25.0 Å². The molecule has 3 aromatic heterocycles. The molecule has 0 bridgehead atoms. The van der Waals surface area contributed by atoms with Crippen molar-refractivity contribution in [2.75, 3.05) is 17.3 Å². The number of amides is 1. The van der Waals surface area contributed by atoms with Crippen LogP contribution in [0.25, 0.3) is 0 Å². The molecule has 0 unspecified atom stereocenters. The van der Waals surface area contributed by atoms with Crippen LogP contribution in [0.2, 0.25) is 0 Å². The number of anilines is 2. The monoisotopic (exact) mass is 503 g/mol. The number of benzene rings is 1. The predicted molar refractivity (Wildman–Crippen MR) is 122 cm³/mol. The molecule has 1 aromatic carbocycles. The van der Waals surface area contributed by atoms with Crippen molar-refractivity contribution in [3.05, 3.63) is 48.4 Å². The minimum Gasteiger partial charge on any atom is -0.368 e. The molecule has 0 fully saturated rings. The molecule has 0 aliphatic rings. The first-order valence-electron chi connectivity index (χ1n) is 9.19. The van der Waals surface area contributed by atoms with Crippen LogP contribution < -0.4 is 11.1 Å². The minimum atomic E-state index is -3.32. The molecule has 4 rings (SSSR count). The molecule has 12 nitrogen and oxygen atoms in total. The Morgan fingerprint density at radius 1 is 1.15 bits per heavy atom. The summed E-state index contributed by atoms with van der Waals surface area (Å²) >= 11 is 2.26. The van der Waals surface area contributed by atoms with Gasteiger partial charge in [-0.15, -0.1) is 5.10 Å². The number of hydrogen-bond donors (Lipinski definition) is 3. The SMILES string of the molecule is Cn1ccc(NC(=O)c2nc(Sc3n[nH]c(N)n3)cnc2Sc2ccc(S(C)(=O)=O)cc2)n1. The zero-order valence-corrected chi connectivity index (χ0v) is 19.7. The Labute approximate surface area is 196 Å². The fourth-order valence-electron chi connectivity index (χ4n) is 2.55. The van der Waals surface area contributed by atoms with Gasteiger partial charge in [0, 0.05) is 30.5 Å². The van der Waals surface area contributed by atoms with Crippen LogP contribution in [0.4, 0.5) is 11.8 Å². The van der Waals surface area contributed by atoms with Gasteiger partial charge in [-0.1, -0.05) is 11.8 Å². The molecule has 0 radical (unpaired) electrons. The van der Waals surface area contributed by atoms with Crippen LogP contribution in [0.3, 0.4) is 0 Å². The maximum atomic E-state index is 13.0. The smallest absolute Gasteiger partial charge is 0.278 e. The third-order valence-electron chi connectivity index (χ3n) is 4.03. The molecule has 15 heteroatoms. The summed E-state index contributed by atoms with van der Waals surface area (Å²) < 4.78 is 25.0. The van der Waals surface area contributed by atoms with E-state index in [1.165, 1.54) is 30.1 Å². The van der Waals surface area contributed by atoms with Crippen molar-refractivity contribution in [1.82, 2.24) is 34.9 Å². The fraction of sp³-hybridized carbons (Fsp3) is 0.111. The van der Waals surface area contributed by atoms with Gasteiger partial charge in [0.25, 0.3) is 5.91 Å². The molecule has 4 N–H and O–H groups in total. The number of rotatable bonds is 7. The van der Waals surface area contributed by atoms with Crippen molar-refractivity contribution < 1.29 is 13.2 Å². The number of carbonyl (C=O) groups is 1. The van der Waals surface area contributed by atoms with Gasteiger partial charge in [-0.2, -0.15) is 10.1 Å². The largest absolute Gasteiger partial charge is 0.368 e. The number of nitrogen functional groups attached to an aromatic ring is 1. The minimum absolute atomic E-state index is 0.0614. The molecule has 3 heterocycles. The third-order valence-corrected chi connectivity index (χ3v) is 6.93. The van der Waals surface area contributed by atoms with E-state index in [9.17, 15) is 13.2 Å². The number of aromatic nitrogens is 7. The van der Waals surface area contributed by atoms with Crippen LogP contribution in [0, 0.1) is 0 Å². The highest BCUT2D eigenvalue weighted by Gasteiger charge is 2.20. The van der Waals surface area contributed by atoms with E-state index in [4.69, 9.17) is 5.73 Å². The van der Waals surface area contributed by atoms with E-state index in [1.54, 1.807) is 36.1 Å². The topological polar surface area (TPSA) is 174 Å². The van der Waals surface area contributed by atoms with Crippen LogP contribution >= 0.6 is 23.5 Å². The highest BCUT2D eigenvalue weighted by molar-refractivity contribution is 7.99. The molecule has 0 aliphatic carbocycles. The molecule has 0 spiro atoms. The van der Waals surface area contributed by atoms with Gasteiger partial charge in [0.05, 0.1) is 11.1 Å². The number of nitrogens with one attached hydrogen (secondary N) is 2. The van der Waals surface area contributed by atoms with Gasteiger partial charge in [0.2, 0.25) is 11.1 Å². The Kier molecular flexibility index (Phi) is 6.35. The standard InChI is InChI=1S/C18H17N9O3S3/c1-27-8-7-12(26-27)21-15(28)14-16(31-10-3-5-11(6-4-10)33(2,29)30)20-9-13(22-14)32-18-23-17(19)24-25-18/h3-9H,1-2H3,(H,21,26,28)(H3,19,23,24,25). The molecule has 170 valence electrons. The zero-order chi connectivity index (χ0) is 23.6. The first kappa shape index (κ1) is 22.8. The Bertz CT molecular complexity index is 1420. The number of nitrogens with zero attached hydrogens (tertiary/aromatic N) is 6. The van der Waals surface area contributed by atoms with Gasteiger partial charge in [-0.3, -0.25) is 9.48 Å². The molecule has 4 aromatic rings. The molecule has 0 atom stereocenters. The Morgan fingerprint density at radius 3 is 2.52 bits per heavy atom. The summed E-state index contributed by atoms with van der Waals surface area (Å²) in [7, 11) is -1.58. The van der Waals surface area contributed by atoms with Gasteiger partial charge in [-0.25, -0.2) is 23.5 Å². The van der Waals surface area contributed by atoms with Gasteiger partial charge in [-0.05, 0) is 36.0 Å². The van der Waals surface area contributed by atoms with Crippen LogP contribution in [0.5, 0.6) is 0 Å². The van der Waals surface area contributed by atoms with Crippen LogP contribution in [-0.4, -0.2) is 55.5 Å². The lowest BCUT2D eigenvalue weighted by molar-refractivity contribution is 0.101. The summed E-state index contributed by atoms with van der Waals surface area (Å²) in [5.41, 5.74) is 5.61. The molecule has 1 amide bonds. The first-order chi connectivity index (χ1) is 15.7. The molecule has 0 saturated carbocycles. The van der Waals surface area contributed by atoms with E-state index in [0.29, 0.717) is 25.9 Å². The van der Waals surface area contributed by atoms with E-state index in [1.807, 2.05) is 0 Å². The number of aromatic amines is 1. The zero-order valence-electron chi connectivity index (χ0n) is 17.3. The molecule has 0 saturated heterocycles. The third kappa shape index (κ3) is 5.68. The normalized spacial score (nSPS) is 11.5. The predicted octanol–water partition coefficient (Wildman–Crippen LogP) is 1.87. The van der Waals surface area contributed by atoms with Gasteiger partial charge < -0.3 is 11.1 Å².